The summed E-state index contributed by atoms with van der Waals surface area (Å²) in [6.45, 7) is -0.0324. The molecule has 3 aromatic rings. The highest BCUT2D eigenvalue weighted by Gasteiger charge is 2.14. The highest BCUT2D eigenvalue weighted by molar-refractivity contribution is 5.94. The van der Waals surface area contributed by atoms with Gasteiger partial charge in [-0.3, -0.25) is 9.59 Å². The fourth-order valence-electron chi connectivity index (χ4n) is 2.79. The molecule has 0 aliphatic heterocycles. The second-order valence-corrected chi connectivity index (χ2v) is 6.37. The van der Waals surface area contributed by atoms with Crippen LogP contribution in [0.4, 0.5) is 8.78 Å². The molecule has 3 rings (SSSR count). The van der Waals surface area contributed by atoms with Gasteiger partial charge >= 0.3 is 5.97 Å². The molecular weight excluding hydrogens is 376 g/mol. The van der Waals surface area contributed by atoms with Gasteiger partial charge in [-0.15, -0.1) is 0 Å². The molecule has 0 spiro atoms. The van der Waals surface area contributed by atoms with E-state index in [4.69, 9.17) is 4.74 Å². The highest BCUT2D eigenvalue weighted by atomic mass is 19.1. The first-order valence-electron chi connectivity index (χ1n) is 9.08. The van der Waals surface area contributed by atoms with Crippen molar-refractivity contribution in [1.82, 2.24) is 5.32 Å². The number of hydrogen-bond acceptors (Lipinski definition) is 3. The second-order valence-electron chi connectivity index (χ2n) is 6.37. The molecule has 3 aromatic carbocycles. The normalized spacial score (nSPS) is 10.4. The van der Waals surface area contributed by atoms with Gasteiger partial charge in [0, 0.05) is 19.0 Å². The van der Waals surface area contributed by atoms with E-state index in [1.54, 1.807) is 12.1 Å². The first-order valence-corrected chi connectivity index (χ1v) is 9.08. The van der Waals surface area contributed by atoms with Gasteiger partial charge in [0.15, 0.2) is 0 Å². The Morgan fingerprint density at radius 1 is 0.897 bits per heavy atom. The van der Waals surface area contributed by atoms with Crippen molar-refractivity contribution in [3.8, 4) is 5.75 Å². The van der Waals surface area contributed by atoms with E-state index in [-0.39, 0.29) is 18.5 Å². The number of carbonyl (C=O) groups excluding carboxylic acids is 2. The van der Waals surface area contributed by atoms with Crippen LogP contribution in [-0.2, 0) is 11.2 Å². The smallest absolute Gasteiger partial charge is 0.312 e. The molecule has 0 atom stereocenters. The Bertz CT molecular complexity index is 1010. The number of esters is 1. The first kappa shape index (κ1) is 20.2. The number of para-hydroxylation sites is 1. The van der Waals surface area contributed by atoms with Gasteiger partial charge in [0.1, 0.15) is 17.4 Å². The molecule has 148 valence electrons. The number of carbonyl (C=O) groups is 2. The lowest BCUT2D eigenvalue weighted by molar-refractivity contribution is -0.134. The van der Waals surface area contributed by atoms with Crippen molar-refractivity contribution in [2.24, 2.45) is 0 Å². The molecule has 0 fully saturated rings. The van der Waals surface area contributed by atoms with E-state index in [0.717, 1.165) is 23.3 Å². The zero-order valence-electron chi connectivity index (χ0n) is 15.5. The summed E-state index contributed by atoms with van der Waals surface area (Å²) in [5, 5.41) is 2.43. The van der Waals surface area contributed by atoms with E-state index < -0.39 is 23.5 Å². The number of rotatable bonds is 7. The Morgan fingerprint density at radius 2 is 1.62 bits per heavy atom. The van der Waals surface area contributed by atoms with E-state index in [1.807, 2.05) is 42.5 Å². The minimum atomic E-state index is -0.958. The first-order chi connectivity index (χ1) is 14.0. The molecule has 0 saturated heterocycles. The zero-order chi connectivity index (χ0) is 20.6. The third-order valence-electron chi connectivity index (χ3n) is 4.22. The highest BCUT2D eigenvalue weighted by Crippen LogP contribution is 2.22. The lowest BCUT2D eigenvalue weighted by Gasteiger charge is -2.11. The van der Waals surface area contributed by atoms with Gasteiger partial charge in [-0.1, -0.05) is 48.5 Å². The van der Waals surface area contributed by atoms with Crippen molar-refractivity contribution < 1.29 is 23.1 Å². The molecule has 0 unspecified atom stereocenters. The van der Waals surface area contributed by atoms with Crippen LogP contribution in [0.25, 0.3) is 0 Å². The van der Waals surface area contributed by atoms with Crippen molar-refractivity contribution in [3.63, 3.8) is 0 Å². The number of ether oxygens (including phenoxy) is 1. The topological polar surface area (TPSA) is 55.4 Å². The van der Waals surface area contributed by atoms with E-state index in [9.17, 15) is 18.4 Å². The van der Waals surface area contributed by atoms with E-state index in [0.29, 0.717) is 18.2 Å². The summed E-state index contributed by atoms with van der Waals surface area (Å²) in [6, 6.07) is 19.7. The third-order valence-corrected chi connectivity index (χ3v) is 4.22. The third kappa shape index (κ3) is 5.72. The second kappa shape index (κ2) is 9.59. The molecule has 0 radical (unpaired) electrons. The summed E-state index contributed by atoms with van der Waals surface area (Å²) in [5.41, 5.74) is 1.67. The quantitative estimate of drug-likeness (QED) is 0.480. The molecule has 0 bridgehead atoms. The van der Waals surface area contributed by atoms with Gasteiger partial charge in [0.2, 0.25) is 0 Å². The summed E-state index contributed by atoms with van der Waals surface area (Å²) < 4.78 is 31.9. The molecule has 6 heteroatoms. The summed E-state index contributed by atoms with van der Waals surface area (Å²) in [5.74, 6) is -2.51. The Hall–Kier alpha value is -3.54. The Balaban J connectivity index is 1.54. The largest absolute Gasteiger partial charge is 0.426 e. The molecule has 0 aliphatic carbocycles. The standard InChI is InChI=1S/C23H19F2NO3/c24-18-10-11-19(20(25)15-18)23(28)26-13-12-22(27)29-21-9-5-4-8-17(21)14-16-6-2-1-3-7-16/h1-11,15H,12-14H2,(H,26,28). The maximum absolute atomic E-state index is 13.6. The summed E-state index contributed by atoms with van der Waals surface area (Å²) in [7, 11) is 0. The Kier molecular flexibility index (Phi) is 6.68. The van der Waals surface area contributed by atoms with Gasteiger partial charge in [0.25, 0.3) is 5.91 Å². The Morgan fingerprint density at radius 3 is 2.38 bits per heavy atom. The van der Waals surface area contributed by atoms with Crippen molar-refractivity contribution >= 4 is 11.9 Å². The molecule has 4 nitrogen and oxygen atoms in total. The van der Waals surface area contributed by atoms with Crippen LogP contribution in [0.5, 0.6) is 5.75 Å². The molecule has 0 aliphatic rings. The molecule has 1 N–H and O–H groups in total. The maximum Gasteiger partial charge on any atom is 0.312 e. The Labute approximate surface area is 167 Å². The molecule has 29 heavy (non-hydrogen) atoms. The lowest BCUT2D eigenvalue weighted by atomic mass is 10.0. The minimum Gasteiger partial charge on any atom is -0.426 e. The van der Waals surface area contributed by atoms with Crippen LogP contribution in [-0.4, -0.2) is 18.4 Å². The average Bonchev–Trinajstić information content (AvgIpc) is 2.70. The fourth-order valence-corrected chi connectivity index (χ4v) is 2.79. The van der Waals surface area contributed by atoms with E-state index in [2.05, 4.69) is 5.32 Å². The number of halogens is 2. The van der Waals surface area contributed by atoms with E-state index >= 15 is 0 Å². The van der Waals surface area contributed by atoms with Gasteiger partial charge in [-0.05, 0) is 29.3 Å². The van der Waals surface area contributed by atoms with Gasteiger partial charge in [-0.2, -0.15) is 0 Å². The van der Waals surface area contributed by atoms with Gasteiger partial charge < -0.3 is 10.1 Å². The van der Waals surface area contributed by atoms with Crippen molar-refractivity contribution in [3.05, 3.63) is 101 Å². The van der Waals surface area contributed by atoms with Crippen LogP contribution >= 0.6 is 0 Å². The predicted molar refractivity (Wildman–Crippen MR) is 105 cm³/mol. The van der Waals surface area contributed by atoms with Gasteiger partial charge in [-0.25, -0.2) is 8.78 Å². The predicted octanol–water partition coefficient (Wildman–Crippen LogP) is 4.28. The summed E-state index contributed by atoms with van der Waals surface area (Å²) in [6.07, 6.45) is 0.527. The van der Waals surface area contributed by atoms with Crippen LogP contribution in [0.15, 0.2) is 72.8 Å². The van der Waals surface area contributed by atoms with Crippen LogP contribution in [0.3, 0.4) is 0 Å². The summed E-state index contributed by atoms with van der Waals surface area (Å²) >= 11 is 0. The van der Waals surface area contributed by atoms with Crippen molar-refractivity contribution in [2.75, 3.05) is 6.54 Å². The lowest BCUT2D eigenvalue weighted by Crippen LogP contribution is -2.28. The van der Waals surface area contributed by atoms with Crippen LogP contribution in [0.1, 0.15) is 27.9 Å². The SMILES string of the molecule is O=C(CCNC(=O)c1ccc(F)cc1F)Oc1ccccc1Cc1ccccc1. The number of benzene rings is 3. The van der Waals surface area contributed by atoms with Crippen LogP contribution in [0, 0.1) is 11.6 Å². The fraction of sp³-hybridized carbons (Fsp3) is 0.130. The number of nitrogens with one attached hydrogen (secondary N) is 1. The van der Waals surface area contributed by atoms with Crippen molar-refractivity contribution in [2.45, 2.75) is 12.8 Å². The number of hydrogen-bond donors (Lipinski definition) is 1. The van der Waals surface area contributed by atoms with Crippen LogP contribution in [0.2, 0.25) is 0 Å². The summed E-state index contributed by atoms with van der Waals surface area (Å²) in [4.78, 5) is 24.1. The van der Waals surface area contributed by atoms with Crippen LogP contribution < -0.4 is 10.1 Å². The molecule has 0 aromatic heterocycles. The zero-order valence-corrected chi connectivity index (χ0v) is 15.5. The minimum absolute atomic E-state index is 0.0324. The van der Waals surface area contributed by atoms with Crippen molar-refractivity contribution in [1.29, 1.82) is 0 Å². The molecule has 0 heterocycles. The molecule has 0 saturated carbocycles. The average molecular weight is 395 g/mol. The van der Waals surface area contributed by atoms with Gasteiger partial charge in [0.05, 0.1) is 12.0 Å². The number of amides is 1. The van der Waals surface area contributed by atoms with E-state index in [1.165, 1.54) is 0 Å². The molecular formula is C23H19F2NO3. The molecule has 1 amide bonds. The maximum atomic E-state index is 13.6. The monoisotopic (exact) mass is 395 g/mol.